The fraction of sp³-hybridized carbons (Fsp3) is 0.536. The summed E-state index contributed by atoms with van der Waals surface area (Å²) in [5.74, 6) is -1.78. The third-order valence-corrected chi connectivity index (χ3v) is 8.19. The van der Waals surface area contributed by atoms with Crippen molar-refractivity contribution in [1.29, 1.82) is 0 Å². The molecule has 1 aromatic rings. The first kappa shape index (κ1) is 26.9. The van der Waals surface area contributed by atoms with Crippen LogP contribution in [0.25, 0.3) is 0 Å². The van der Waals surface area contributed by atoms with Gasteiger partial charge in [0.05, 0.1) is 37.2 Å². The summed E-state index contributed by atoms with van der Waals surface area (Å²) in [6, 6.07) is 5.43. The Morgan fingerprint density at radius 1 is 1.22 bits per heavy atom. The number of hydrogen-bond acceptors (Lipinski definition) is 6. The van der Waals surface area contributed by atoms with E-state index in [1.54, 1.807) is 67.3 Å². The molecule has 0 aliphatic carbocycles. The first-order valence-electron chi connectivity index (χ1n) is 12.7. The second-order valence-electron chi connectivity index (χ2n) is 10.4. The molecule has 9 heteroatoms. The lowest BCUT2D eigenvalue weighted by molar-refractivity contribution is -0.151. The number of rotatable bonds is 10. The summed E-state index contributed by atoms with van der Waals surface area (Å²) in [6.07, 6.45) is 4.27. The van der Waals surface area contributed by atoms with Crippen LogP contribution in [0.15, 0.2) is 49.6 Å². The molecule has 0 saturated carbocycles. The number of fused-ring (bicyclic) bond motifs is 1. The lowest BCUT2D eigenvalue weighted by atomic mass is 9.66. The summed E-state index contributed by atoms with van der Waals surface area (Å²) in [5, 5.41) is 10.1. The maximum atomic E-state index is 14.4. The summed E-state index contributed by atoms with van der Waals surface area (Å²) in [7, 11) is 3.25. The second kappa shape index (κ2) is 9.95. The Kier molecular flexibility index (Phi) is 7.23. The SMILES string of the molecule is C=CCN(C)C(=O)[C@@H]1[C@H]2C(=O)N([C@H](C)CO)C(C(=O)N(CC=C)c3ccc(OC)cc3)C23CC[C@@]1(C)O3. The van der Waals surface area contributed by atoms with Crippen LogP contribution >= 0.6 is 0 Å². The minimum absolute atomic E-state index is 0.204. The number of aliphatic hydroxyl groups is 1. The van der Waals surface area contributed by atoms with E-state index in [4.69, 9.17) is 9.47 Å². The minimum atomic E-state index is -1.17. The van der Waals surface area contributed by atoms with E-state index in [1.807, 2.05) is 6.92 Å². The molecule has 9 nitrogen and oxygen atoms in total. The van der Waals surface area contributed by atoms with Crippen molar-refractivity contribution in [2.75, 3.05) is 38.8 Å². The van der Waals surface area contributed by atoms with Gasteiger partial charge in [-0.1, -0.05) is 12.2 Å². The Morgan fingerprint density at radius 3 is 2.43 bits per heavy atom. The second-order valence-corrected chi connectivity index (χ2v) is 10.4. The Hall–Kier alpha value is -3.17. The molecular formula is C28H37N3O6. The number of ether oxygens (including phenoxy) is 2. The number of nitrogens with zero attached hydrogens (tertiary/aromatic N) is 3. The van der Waals surface area contributed by atoms with Crippen LogP contribution in [0.5, 0.6) is 5.75 Å². The molecule has 3 fully saturated rings. The quantitative estimate of drug-likeness (QED) is 0.483. The zero-order valence-corrected chi connectivity index (χ0v) is 22.1. The van der Waals surface area contributed by atoms with Gasteiger partial charge in [0.25, 0.3) is 5.91 Å². The normalized spacial score (nSPS) is 30.6. The maximum absolute atomic E-state index is 14.4. The van der Waals surface area contributed by atoms with Gasteiger partial charge in [0, 0.05) is 25.8 Å². The number of benzene rings is 1. The van der Waals surface area contributed by atoms with Crippen molar-refractivity contribution in [2.45, 2.75) is 50.0 Å². The van der Waals surface area contributed by atoms with Crippen LogP contribution < -0.4 is 9.64 Å². The summed E-state index contributed by atoms with van der Waals surface area (Å²) in [5.41, 5.74) is -1.43. The van der Waals surface area contributed by atoms with Gasteiger partial charge in [0.1, 0.15) is 17.4 Å². The maximum Gasteiger partial charge on any atom is 0.253 e. The van der Waals surface area contributed by atoms with Crippen LogP contribution in [0, 0.1) is 11.8 Å². The molecule has 3 aliphatic rings. The van der Waals surface area contributed by atoms with Gasteiger partial charge >= 0.3 is 0 Å². The molecule has 3 aliphatic heterocycles. The zero-order valence-electron chi connectivity index (χ0n) is 22.1. The number of hydrogen-bond donors (Lipinski definition) is 1. The van der Waals surface area contributed by atoms with Crippen LogP contribution in [0.1, 0.15) is 26.7 Å². The van der Waals surface area contributed by atoms with Crippen molar-refractivity contribution in [3.63, 3.8) is 0 Å². The van der Waals surface area contributed by atoms with E-state index in [9.17, 15) is 19.5 Å². The molecule has 2 unspecified atom stereocenters. The van der Waals surface area contributed by atoms with Crippen molar-refractivity contribution < 1.29 is 29.0 Å². The average molecular weight is 512 g/mol. The highest BCUT2D eigenvalue weighted by Crippen LogP contribution is 2.63. The molecular weight excluding hydrogens is 474 g/mol. The molecule has 37 heavy (non-hydrogen) atoms. The van der Waals surface area contributed by atoms with Crippen molar-refractivity contribution in [3.8, 4) is 5.75 Å². The number of likely N-dealkylation sites (tertiary alicyclic amines) is 1. The smallest absolute Gasteiger partial charge is 0.253 e. The van der Waals surface area contributed by atoms with E-state index in [1.165, 1.54) is 4.90 Å². The monoisotopic (exact) mass is 511 g/mol. The Morgan fingerprint density at radius 2 is 1.86 bits per heavy atom. The fourth-order valence-corrected chi connectivity index (χ4v) is 6.46. The fourth-order valence-electron chi connectivity index (χ4n) is 6.46. The summed E-state index contributed by atoms with van der Waals surface area (Å²) in [4.78, 5) is 46.6. The number of anilines is 1. The Bertz CT molecular complexity index is 1090. The Balaban J connectivity index is 1.81. The van der Waals surface area contributed by atoms with Crippen LogP contribution in [0.2, 0.25) is 0 Å². The third kappa shape index (κ3) is 4.05. The van der Waals surface area contributed by atoms with Crippen LogP contribution in [-0.2, 0) is 19.1 Å². The number of amides is 3. The zero-order chi connectivity index (χ0) is 27.1. The summed E-state index contributed by atoms with van der Waals surface area (Å²) >= 11 is 0. The molecule has 1 N–H and O–H groups in total. The molecule has 3 heterocycles. The number of methoxy groups -OCH3 is 1. The van der Waals surface area contributed by atoms with Crippen LogP contribution in [0.3, 0.4) is 0 Å². The van der Waals surface area contributed by atoms with Gasteiger partial charge in [-0.3, -0.25) is 14.4 Å². The molecule has 6 atom stereocenters. The average Bonchev–Trinajstić information content (AvgIpc) is 3.47. The standard InChI is InChI=1S/C28H37N3O6/c1-7-15-29(5)24(33)21-22-25(34)31(18(3)17-32)23(28(22)14-13-27(21,4)37-28)26(35)30(16-8-2)19-9-11-20(36-6)12-10-19/h7-12,18,21-23,32H,1-2,13-17H2,3-6H3/t18-,21+,22+,23?,27-,28?/m1/s1. The molecule has 3 amide bonds. The highest BCUT2D eigenvalue weighted by Gasteiger charge is 2.78. The molecule has 0 radical (unpaired) electrons. The topological polar surface area (TPSA) is 99.6 Å². The van der Waals surface area contributed by atoms with Crippen molar-refractivity contribution in [2.24, 2.45) is 11.8 Å². The highest BCUT2D eigenvalue weighted by molar-refractivity contribution is 6.05. The molecule has 0 aromatic heterocycles. The van der Waals surface area contributed by atoms with E-state index in [0.717, 1.165) is 0 Å². The number of carbonyl (C=O) groups is 3. The van der Waals surface area contributed by atoms with Crippen molar-refractivity contribution in [3.05, 3.63) is 49.6 Å². The van der Waals surface area contributed by atoms with Gasteiger partial charge < -0.3 is 29.3 Å². The van der Waals surface area contributed by atoms with E-state index in [0.29, 0.717) is 30.8 Å². The Labute approximate surface area is 218 Å². The number of carbonyl (C=O) groups excluding carboxylic acids is 3. The minimum Gasteiger partial charge on any atom is -0.497 e. The molecule has 1 aromatic carbocycles. The van der Waals surface area contributed by atoms with Gasteiger partial charge in [-0.05, 0) is 51.0 Å². The summed E-state index contributed by atoms with van der Waals surface area (Å²) in [6.45, 7) is 11.3. The van der Waals surface area contributed by atoms with Crippen molar-refractivity contribution in [1.82, 2.24) is 9.80 Å². The van der Waals surface area contributed by atoms with Crippen LogP contribution in [-0.4, -0.2) is 89.8 Å². The number of aliphatic hydroxyl groups excluding tert-OH is 1. The molecule has 2 bridgehead atoms. The van der Waals surface area contributed by atoms with E-state index in [-0.39, 0.29) is 30.9 Å². The molecule has 200 valence electrons. The van der Waals surface area contributed by atoms with Gasteiger partial charge in [-0.25, -0.2) is 0 Å². The van der Waals surface area contributed by atoms with E-state index in [2.05, 4.69) is 13.2 Å². The number of likely N-dealkylation sites (N-methyl/N-ethyl adjacent to an activating group) is 1. The molecule has 4 rings (SSSR count). The molecule has 1 spiro atoms. The first-order valence-corrected chi connectivity index (χ1v) is 12.7. The predicted molar refractivity (Wildman–Crippen MR) is 139 cm³/mol. The van der Waals surface area contributed by atoms with Crippen molar-refractivity contribution >= 4 is 23.4 Å². The highest BCUT2D eigenvalue weighted by atomic mass is 16.5. The largest absolute Gasteiger partial charge is 0.497 e. The third-order valence-electron chi connectivity index (χ3n) is 8.19. The predicted octanol–water partition coefficient (Wildman–Crippen LogP) is 2.00. The van der Waals surface area contributed by atoms with E-state index >= 15 is 0 Å². The van der Waals surface area contributed by atoms with Gasteiger partial charge in [-0.2, -0.15) is 0 Å². The molecule has 3 saturated heterocycles. The van der Waals surface area contributed by atoms with Gasteiger partial charge in [0.15, 0.2) is 0 Å². The van der Waals surface area contributed by atoms with Gasteiger partial charge in [-0.15, -0.1) is 13.2 Å². The van der Waals surface area contributed by atoms with Crippen LogP contribution in [0.4, 0.5) is 5.69 Å². The van der Waals surface area contributed by atoms with E-state index < -0.39 is 35.1 Å². The first-order chi connectivity index (χ1) is 17.6. The summed E-state index contributed by atoms with van der Waals surface area (Å²) < 4.78 is 11.9. The lowest BCUT2D eigenvalue weighted by Crippen LogP contribution is -2.58. The lowest BCUT2D eigenvalue weighted by Gasteiger charge is -2.38. The van der Waals surface area contributed by atoms with Gasteiger partial charge in [0.2, 0.25) is 11.8 Å².